The van der Waals surface area contributed by atoms with Crippen LogP contribution in [0.1, 0.15) is 27.9 Å². The summed E-state index contributed by atoms with van der Waals surface area (Å²) in [5.41, 5.74) is 7.07. The number of rotatable bonds is 5. The van der Waals surface area contributed by atoms with E-state index >= 15 is 0 Å². The number of phenols is 1. The molecule has 0 fully saturated rings. The third kappa shape index (κ3) is 4.17. The minimum absolute atomic E-state index is 0.0272. The van der Waals surface area contributed by atoms with Gasteiger partial charge in [-0.25, -0.2) is 0 Å². The highest BCUT2D eigenvalue weighted by Gasteiger charge is 2.13. The van der Waals surface area contributed by atoms with Crippen LogP contribution in [-0.2, 0) is 0 Å². The minimum atomic E-state index is -0.302. The molecule has 1 aromatic rings. The molecule has 0 aliphatic rings. The summed E-state index contributed by atoms with van der Waals surface area (Å²) in [6, 6.07) is 3.42. The number of aryl methyl sites for hydroxylation is 1. The topological polar surface area (TPSA) is 111 Å². The lowest BCUT2D eigenvalue weighted by atomic mass is 10.0. The van der Waals surface area contributed by atoms with Gasteiger partial charge in [-0.2, -0.15) is 0 Å². The summed E-state index contributed by atoms with van der Waals surface area (Å²) in [7, 11) is 0. The fraction of sp³-hybridized carbons (Fsp3) is 0.385. The molecule has 0 aliphatic heterocycles. The minimum Gasteiger partial charge on any atom is -0.507 e. The Morgan fingerprint density at radius 1 is 1.32 bits per heavy atom. The molecule has 0 saturated carbocycles. The van der Waals surface area contributed by atoms with Crippen molar-refractivity contribution in [3.63, 3.8) is 0 Å². The molecule has 0 bridgehead atoms. The predicted octanol–water partition coefficient (Wildman–Crippen LogP) is 0.612. The number of carbonyl (C=O) groups is 1. The van der Waals surface area contributed by atoms with Crippen molar-refractivity contribution in [2.24, 2.45) is 5.73 Å². The van der Waals surface area contributed by atoms with Crippen molar-refractivity contribution >= 4 is 11.9 Å². The van der Waals surface area contributed by atoms with Gasteiger partial charge in [0.2, 0.25) is 0 Å². The molecule has 6 heteroatoms. The van der Waals surface area contributed by atoms with Crippen molar-refractivity contribution in [3.05, 3.63) is 28.8 Å². The number of carbonyl (C=O) groups excluding carboxylic acids is 1. The zero-order valence-electron chi connectivity index (χ0n) is 11.2. The molecular weight excluding hydrogens is 244 g/mol. The highest BCUT2D eigenvalue weighted by Crippen LogP contribution is 2.24. The Balaban J connectivity index is 2.50. The maximum atomic E-state index is 11.9. The molecule has 1 rings (SSSR count). The molecule has 0 radical (unpaired) electrons. The molecule has 6 N–H and O–H groups in total. The van der Waals surface area contributed by atoms with Gasteiger partial charge in [0.1, 0.15) is 5.75 Å². The quantitative estimate of drug-likeness (QED) is 0.305. The van der Waals surface area contributed by atoms with Gasteiger partial charge in [0.25, 0.3) is 5.91 Å². The van der Waals surface area contributed by atoms with Crippen LogP contribution in [0.5, 0.6) is 5.75 Å². The molecular formula is C13H20N4O2. The van der Waals surface area contributed by atoms with E-state index < -0.39 is 0 Å². The Labute approximate surface area is 112 Å². The smallest absolute Gasteiger partial charge is 0.255 e. The fourth-order valence-electron chi connectivity index (χ4n) is 1.59. The first-order valence-electron chi connectivity index (χ1n) is 6.08. The van der Waals surface area contributed by atoms with Crippen LogP contribution < -0.4 is 16.4 Å². The van der Waals surface area contributed by atoms with Crippen molar-refractivity contribution in [1.29, 1.82) is 5.41 Å². The van der Waals surface area contributed by atoms with Crippen LogP contribution in [0.4, 0.5) is 0 Å². The molecule has 19 heavy (non-hydrogen) atoms. The molecule has 1 aromatic carbocycles. The normalized spacial score (nSPS) is 10.0. The maximum absolute atomic E-state index is 11.9. The predicted molar refractivity (Wildman–Crippen MR) is 74.4 cm³/mol. The van der Waals surface area contributed by atoms with Crippen molar-refractivity contribution in [3.8, 4) is 5.75 Å². The second-order valence-electron chi connectivity index (χ2n) is 4.35. The van der Waals surface area contributed by atoms with E-state index in [1.54, 1.807) is 19.1 Å². The maximum Gasteiger partial charge on any atom is 0.255 e. The summed E-state index contributed by atoms with van der Waals surface area (Å²) < 4.78 is 0. The zero-order chi connectivity index (χ0) is 14.4. The molecule has 0 aliphatic carbocycles. The first-order valence-corrected chi connectivity index (χ1v) is 6.08. The molecule has 6 nitrogen and oxygen atoms in total. The van der Waals surface area contributed by atoms with Gasteiger partial charge < -0.3 is 21.5 Å². The average molecular weight is 264 g/mol. The summed E-state index contributed by atoms with van der Waals surface area (Å²) in [6.07, 6.45) is 0.650. The first kappa shape index (κ1) is 14.8. The summed E-state index contributed by atoms with van der Waals surface area (Å²) in [4.78, 5) is 11.9. The number of aromatic hydroxyl groups is 1. The van der Waals surface area contributed by atoms with E-state index in [1.165, 1.54) is 0 Å². The summed E-state index contributed by atoms with van der Waals surface area (Å²) in [5.74, 6) is -0.360. The number of benzene rings is 1. The van der Waals surface area contributed by atoms with Crippen LogP contribution in [0.25, 0.3) is 0 Å². The van der Waals surface area contributed by atoms with E-state index in [-0.39, 0.29) is 23.2 Å². The summed E-state index contributed by atoms with van der Waals surface area (Å²) >= 11 is 0. The molecule has 0 aromatic heterocycles. The average Bonchev–Trinajstić information content (AvgIpc) is 2.35. The van der Waals surface area contributed by atoms with Gasteiger partial charge in [0.05, 0.1) is 5.56 Å². The van der Waals surface area contributed by atoms with Gasteiger partial charge in [0.15, 0.2) is 5.96 Å². The lowest BCUT2D eigenvalue weighted by molar-refractivity contribution is 0.0950. The Morgan fingerprint density at radius 2 is 1.95 bits per heavy atom. The number of hydrogen-bond acceptors (Lipinski definition) is 3. The van der Waals surface area contributed by atoms with Crippen LogP contribution in [0.15, 0.2) is 12.1 Å². The summed E-state index contributed by atoms with van der Waals surface area (Å²) in [6.45, 7) is 4.63. The van der Waals surface area contributed by atoms with Gasteiger partial charge in [-0.05, 0) is 37.5 Å². The van der Waals surface area contributed by atoms with E-state index in [0.717, 1.165) is 5.56 Å². The number of nitrogens with two attached hydrogens (primary N) is 1. The molecule has 0 atom stereocenters. The van der Waals surface area contributed by atoms with E-state index in [9.17, 15) is 9.90 Å². The molecule has 104 valence electrons. The van der Waals surface area contributed by atoms with Gasteiger partial charge in [-0.3, -0.25) is 10.2 Å². The van der Waals surface area contributed by atoms with Crippen LogP contribution >= 0.6 is 0 Å². The van der Waals surface area contributed by atoms with Crippen LogP contribution in [0.3, 0.4) is 0 Å². The standard InChI is InChI=1S/C13H20N4O2/c1-8-4-5-10(11(18)9(8)2)12(19)16-6-3-7-17-13(14)15/h4-5,18H,3,6-7H2,1-2H3,(H,16,19)(H4,14,15,17). The molecule has 0 saturated heterocycles. The SMILES string of the molecule is Cc1ccc(C(=O)NCCCNC(=N)N)c(O)c1C. The first-order chi connectivity index (χ1) is 8.93. The highest BCUT2D eigenvalue weighted by molar-refractivity contribution is 5.97. The second kappa shape index (κ2) is 6.63. The van der Waals surface area contributed by atoms with Gasteiger partial charge in [-0.15, -0.1) is 0 Å². The van der Waals surface area contributed by atoms with Gasteiger partial charge in [0, 0.05) is 13.1 Å². The van der Waals surface area contributed by atoms with Crippen molar-refractivity contribution in [1.82, 2.24) is 10.6 Å². The highest BCUT2D eigenvalue weighted by atomic mass is 16.3. The number of nitrogens with one attached hydrogen (secondary N) is 3. The number of amides is 1. The lowest BCUT2D eigenvalue weighted by Crippen LogP contribution is -2.33. The molecule has 0 heterocycles. The Hall–Kier alpha value is -2.24. The Bertz CT molecular complexity index is 486. The Kier molecular flexibility index (Phi) is 5.17. The van der Waals surface area contributed by atoms with Crippen LogP contribution in [0, 0.1) is 19.3 Å². The molecule has 0 spiro atoms. The zero-order valence-corrected chi connectivity index (χ0v) is 11.2. The van der Waals surface area contributed by atoms with Crippen LogP contribution in [-0.4, -0.2) is 30.1 Å². The third-order valence-electron chi connectivity index (χ3n) is 2.90. The van der Waals surface area contributed by atoms with Crippen molar-refractivity contribution < 1.29 is 9.90 Å². The van der Waals surface area contributed by atoms with E-state index in [4.69, 9.17) is 11.1 Å². The number of hydrogen-bond donors (Lipinski definition) is 5. The lowest BCUT2D eigenvalue weighted by Gasteiger charge is -2.10. The molecule has 1 amide bonds. The summed E-state index contributed by atoms with van der Waals surface area (Å²) in [5, 5.41) is 22.2. The van der Waals surface area contributed by atoms with Crippen molar-refractivity contribution in [2.75, 3.05) is 13.1 Å². The third-order valence-corrected chi connectivity index (χ3v) is 2.90. The Morgan fingerprint density at radius 3 is 2.58 bits per heavy atom. The number of guanidine groups is 1. The van der Waals surface area contributed by atoms with E-state index in [2.05, 4.69) is 10.6 Å². The van der Waals surface area contributed by atoms with E-state index in [1.807, 2.05) is 6.92 Å². The van der Waals surface area contributed by atoms with E-state index in [0.29, 0.717) is 25.1 Å². The number of phenolic OH excluding ortho intramolecular Hbond substituents is 1. The van der Waals surface area contributed by atoms with Gasteiger partial charge >= 0.3 is 0 Å². The van der Waals surface area contributed by atoms with Crippen LogP contribution in [0.2, 0.25) is 0 Å². The largest absolute Gasteiger partial charge is 0.507 e. The fourth-order valence-corrected chi connectivity index (χ4v) is 1.59. The van der Waals surface area contributed by atoms with Crippen molar-refractivity contribution in [2.45, 2.75) is 20.3 Å². The monoisotopic (exact) mass is 264 g/mol. The molecule has 0 unspecified atom stereocenters. The van der Waals surface area contributed by atoms with Gasteiger partial charge in [-0.1, -0.05) is 6.07 Å². The second-order valence-corrected chi connectivity index (χ2v) is 4.35.